The second-order valence-corrected chi connectivity index (χ2v) is 5.35. The maximum Gasteiger partial charge on any atom is 0.0826 e. The van der Waals surface area contributed by atoms with E-state index in [0.29, 0.717) is 12.1 Å². The van der Waals surface area contributed by atoms with Gasteiger partial charge in [0.25, 0.3) is 0 Å². The minimum Gasteiger partial charge on any atom is -0.374 e. The van der Waals surface area contributed by atoms with Gasteiger partial charge in [0.2, 0.25) is 0 Å². The van der Waals surface area contributed by atoms with Crippen LogP contribution in [0.4, 0.5) is 0 Å². The molecule has 1 aliphatic heterocycles. The van der Waals surface area contributed by atoms with Gasteiger partial charge in [-0.2, -0.15) is 11.3 Å². The molecule has 2 heterocycles. The third kappa shape index (κ3) is 3.78. The number of nitrogens with zero attached hydrogens (tertiary/aromatic N) is 1. The van der Waals surface area contributed by atoms with Crippen molar-refractivity contribution in [3.63, 3.8) is 0 Å². The zero-order valence-electron chi connectivity index (χ0n) is 10.7. The Balaban J connectivity index is 1.74. The number of thiophene rings is 1. The summed E-state index contributed by atoms with van der Waals surface area (Å²) < 4.78 is 5.78. The highest BCUT2D eigenvalue weighted by atomic mass is 32.1. The Labute approximate surface area is 108 Å². The van der Waals surface area contributed by atoms with Gasteiger partial charge in [0, 0.05) is 25.7 Å². The summed E-state index contributed by atoms with van der Waals surface area (Å²) in [5.74, 6) is 0. The van der Waals surface area contributed by atoms with E-state index in [0.717, 1.165) is 32.8 Å². The van der Waals surface area contributed by atoms with Crippen LogP contribution in [-0.2, 0) is 4.74 Å². The number of hydrogen-bond acceptors (Lipinski definition) is 4. The topological polar surface area (TPSA) is 24.5 Å². The summed E-state index contributed by atoms with van der Waals surface area (Å²) in [5, 5.41) is 7.89. The number of nitrogens with one attached hydrogen (secondary N) is 1. The summed E-state index contributed by atoms with van der Waals surface area (Å²) in [5.41, 5.74) is 1.37. The maximum absolute atomic E-state index is 5.78. The van der Waals surface area contributed by atoms with Crippen molar-refractivity contribution >= 4 is 11.3 Å². The third-order valence-electron chi connectivity index (χ3n) is 3.37. The fourth-order valence-corrected chi connectivity index (χ4v) is 2.89. The molecule has 0 saturated carbocycles. The molecule has 2 unspecified atom stereocenters. The number of hydrogen-bond donors (Lipinski definition) is 1. The van der Waals surface area contributed by atoms with E-state index in [1.165, 1.54) is 5.56 Å². The Morgan fingerprint density at radius 1 is 1.65 bits per heavy atom. The number of morpholine rings is 1. The van der Waals surface area contributed by atoms with Gasteiger partial charge in [0.05, 0.1) is 12.7 Å². The van der Waals surface area contributed by atoms with Crippen molar-refractivity contribution in [1.82, 2.24) is 10.2 Å². The molecule has 1 aliphatic rings. The molecular formula is C13H22N2OS. The summed E-state index contributed by atoms with van der Waals surface area (Å²) in [6.45, 7) is 9.49. The van der Waals surface area contributed by atoms with Gasteiger partial charge < -0.3 is 10.1 Å². The Bertz CT molecular complexity index is 315. The highest BCUT2D eigenvalue weighted by Gasteiger charge is 2.19. The van der Waals surface area contributed by atoms with Gasteiger partial charge in [-0.1, -0.05) is 6.92 Å². The van der Waals surface area contributed by atoms with Gasteiger partial charge in [0.1, 0.15) is 0 Å². The van der Waals surface area contributed by atoms with Crippen LogP contribution in [0, 0.1) is 0 Å². The van der Waals surface area contributed by atoms with E-state index in [4.69, 9.17) is 4.74 Å². The van der Waals surface area contributed by atoms with Crippen molar-refractivity contribution in [2.24, 2.45) is 0 Å². The summed E-state index contributed by atoms with van der Waals surface area (Å²) in [7, 11) is 0. The van der Waals surface area contributed by atoms with Gasteiger partial charge in [-0.15, -0.1) is 0 Å². The van der Waals surface area contributed by atoms with E-state index in [1.54, 1.807) is 11.3 Å². The molecule has 1 N–H and O–H groups in total. The lowest BCUT2D eigenvalue weighted by molar-refractivity contribution is -0.0261. The zero-order chi connectivity index (χ0) is 12.1. The molecule has 1 saturated heterocycles. The van der Waals surface area contributed by atoms with Crippen LogP contribution >= 0.6 is 11.3 Å². The van der Waals surface area contributed by atoms with Crippen LogP contribution in [0.3, 0.4) is 0 Å². The molecule has 1 aromatic rings. The van der Waals surface area contributed by atoms with Gasteiger partial charge in [0.15, 0.2) is 0 Å². The first-order valence-electron chi connectivity index (χ1n) is 6.39. The standard InChI is InChI=1S/C13H22N2OS/c1-3-15-5-6-16-13(9-15)8-14-11(2)12-4-7-17-10-12/h4,7,10-11,13-14H,3,5-6,8-9H2,1-2H3. The molecule has 96 valence electrons. The Hall–Kier alpha value is -0.420. The fraction of sp³-hybridized carbons (Fsp3) is 0.692. The molecule has 2 rings (SSSR count). The lowest BCUT2D eigenvalue weighted by Crippen LogP contribution is -2.46. The number of rotatable bonds is 5. The van der Waals surface area contributed by atoms with Crippen molar-refractivity contribution in [2.75, 3.05) is 32.8 Å². The van der Waals surface area contributed by atoms with E-state index in [9.17, 15) is 0 Å². The predicted molar refractivity (Wildman–Crippen MR) is 72.6 cm³/mol. The first-order valence-corrected chi connectivity index (χ1v) is 7.33. The molecule has 2 atom stereocenters. The Morgan fingerprint density at radius 3 is 3.24 bits per heavy atom. The summed E-state index contributed by atoms with van der Waals surface area (Å²) in [6, 6.07) is 2.60. The maximum atomic E-state index is 5.78. The number of likely N-dealkylation sites (N-methyl/N-ethyl adjacent to an activating group) is 1. The fourth-order valence-electron chi connectivity index (χ4n) is 2.14. The van der Waals surface area contributed by atoms with Crippen LogP contribution in [0.15, 0.2) is 16.8 Å². The van der Waals surface area contributed by atoms with E-state index in [2.05, 4.69) is 40.9 Å². The Morgan fingerprint density at radius 2 is 2.53 bits per heavy atom. The van der Waals surface area contributed by atoms with E-state index < -0.39 is 0 Å². The molecule has 0 radical (unpaired) electrons. The van der Waals surface area contributed by atoms with Crippen molar-refractivity contribution in [2.45, 2.75) is 26.0 Å². The summed E-state index contributed by atoms with van der Waals surface area (Å²) in [4.78, 5) is 2.45. The molecule has 4 heteroatoms. The SMILES string of the molecule is CCN1CCOC(CNC(C)c2ccsc2)C1. The zero-order valence-corrected chi connectivity index (χ0v) is 11.5. The van der Waals surface area contributed by atoms with E-state index in [1.807, 2.05) is 0 Å². The predicted octanol–water partition coefficient (Wildman–Crippen LogP) is 2.12. The highest BCUT2D eigenvalue weighted by molar-refractivity contribution is 7.07. The first-order chi connectivity index (χ1) is 8.29. The monoisotopic (exact) mass is 254 g/mol. The van der Waals surface area contributed by atoms with Gasteiger partial charge in [-0.05, 0) is 35.9 Å². The smallest absolute Gasteiger partial charge is 0.0826 e. The molecule has 0 aromatic carbocycles. The van der Waals surface area contributed by atoms with Crippen LogP contribution in [0.5, 0.6) is 0 Å². The van der Waals surface area contributed by atoms with Crippen LogP contribution in [-0.4, -0.2) is 43.8 Å². The third-order valence-corrected chi connectivity index (χ3v) is 4.07. The largest absolute Gasteiger partial charge is 0.374 e. The molecular weight excluding hydrogens is 232 g/mol. The molecule has 1 aromatic heterocycles. The van der Waals surface area contributed by atoms with Gasteiger partial charge in [-0.25, -0.2) is 0 Å². The molecule has 1 fully saturated rings. The number of ether oxygens (including phenoxy) is 1. The molecule has 3 nitrogen and oxygen atoms in total. The van der Waals surface area contributed by atoms with Crippen molar-refractivity contribution in [3.8, 4) is 0 Å². The quantitative estimate of drug-likeness (QED) is 0.871. The normalized spacial score (nSPS) is 23.8. The van der Waals surface area contributed by atoms with Crippen LogP contribution < -0.4 is 5.32 Å². The molecule has 0 amide bonds. The first kappa shape index (κ1) is 13.0. The minimum absolute atomic E-state index is 0.338. The van der Waals surface area contributed by atoms with Gasteiger partial charge >= 0.3 is 0 Å². The lowest BCUT2D eigenvalue weighted by atomic mass is 10.1. The molecule has 0 bridgehead atoms. The highest BCUT2D eigenvalue weighted by Crippen LogP contribution is 2.15. The van der Waals surface area contributed by atoms with Crippen LogP contribution in [0.1, 0.15) is 25.5 Å². The molecule has 0 spiro atoms. The van der Waals surface area contributed by atoms with E-state index >= 15 is 0 Å². The lowest BCUT2D eigenvalue weighted by Gasteiger charge is -2.32. The second-order valence-electron chi connectivity index (χ2n) is 4.57. The summed E-state index contributed by atoms with van der Waals surface area (Å²) >= 11 is 1.75. The molecule has 17 heavy (non-hydrogen) atoms. The van der Waals surface area contributed by atoms with Crippen LogP contribution in [0.2, 0.25) is 0 Å². The van der Waals surface area contributed by atoms with Crippen molar-refractivity contribution in [1.29, 1.82) is 0 Å². The van der Waals surface area contributed by atoms with Crippen molar-refractivity contribution < 1.29 is 4.74 Å². The minimum atomic E-state index is 0.338. The van der Waals surface area contributed by atoms with Gasteiger partial charge in [-0.3, -0.25) is 4.90 Å². The average molecular weight is 254 g/mol. The van der Waals surface area contributed by atoms with Crippen molar-refractivity contribution in [3.05, 3.63) is 22.4 Å². The molecule has 0 aliphatic carbocycles. The van der Waals surface area contributed by atoms with E-state index in [-0.39, 0.29) is 0 Å². The average Bonchev–Trinajstić information content (AvgIpc) is 2.90. The Kier molecular flexibility index (Phi) is 4.98. The second kappa shape index (κ2) is 6.50. The van der Waals surface area contributed by atoms with Crippen LogP contribution in [0.25, 0.3) is 0 Å². The summed E-state index contributed by atoms with van der Waals surface area (Å²) in [6.07, 6.45) is 0.338.